The highest BCUT2D eigenvalue weighted by Gasteiger charge is 2.14. The molecule has 0 amide bonds. The van der Waals surface area contributed by atoms with Gasteiger partial charge in [-0.1, -0.05) is 23.7 Å². The molecule has 0 saturated carbocycles. The van der Waals surface area contributed by atoms with Crippen molar-refractivity contribution in [2.75, 3.05) is 7.11 Å². The van der Waals surface area contributed by atoms with Crippen LogP contribution in [0.25, 0.3) is 22.2 Å². The van der Waals surface area contributed by atoms with E-state index in [4.69, 9.17) is 27.9 Å². The molecular weight excluding hydrogens is 321 g/mol. The van der Waals surface area contributed by atoms with Crippen LogP contribution in [0.15, 0.2) is 48.5 Å². The molecule has 0 saturated heterocycles. The quantitative estimate of drug-likeness (QED) is 0.638. The van der Waals surface area contributed by atoms with E-state index in [0.29, 0.717) is 32.9 Å². The summed E-state index contributed by atoms with van der Waals surface area (Å²) < 4.78 is 5.35. The van der Waals surface area contributed by atoms with Crippen LogP contribution in [0.3, 0.4) is 0 Å². The van der Waals surface area contributed by atoms with Gasteiger partial charge in [0.1, 0.15) is 5.75 Å². The van der Waals surface area contributed by atoms with Gasteiger partial charge >= 0.3 is 0 Å². The zero-order valence-corrected chi connectivity index (χ0v) is 13.2. The van der Waals surface area contributed by atoms with Gasteiger partial charge in [-0.2, -0.15) is 0 Å². The molecule has 5 heteroatoms. The molecular formula is C17H11Cl2NO2. The number of hydrogen-bond donors (Lipinski definition) is 0. The van der Waals surface area contributed by atoms with Gasteiger partial charge in [0.15, 0.2) is 0 Å². The van der Waals surface area contributed by atoms with Crippen molar-refractivity contribution in [1.29, 1.82) is 0 Å². The Morgan fingerprint density at radius 2 is 1.91 bits per heavy atom. The summed E-state index contributed by atoms with van der Waals surface area (Å²) >= 11 is 11.7. The van der Waals surface area contributed by atoms with Crippen LogP contribution in [0.4, 0.5) is 0 Å². The average Bonchev–Trinajstić information content (AvgIpc) is 2.53. The first kappa shape index (κ1) is 14.8. The molecule has 2 aromatic carbocycles. The zero-order chi connectivity index (χ0) is 15.7. The first-order chi connectivity index (χ1) is 10.6. The normalized spacial score (nSPS) is 10.7. The highest BCUT2D eigenvalue weighted by Crippen LogP contribution is 2.32. The van der Waals surface area contributed by atoms with Crippen LogP contribution < -0.4 is 4.74 Å². The monoisotopic (exact) mass is 331 g/mol. The van der Waals surface area contributed by atoms with E-state index in [0.717, 1.165) is 5.56 Å². The van der Waals surface area contributed by atoms with Gasteiger partial charge in [-0.25, -0.2) is 4.98 Å². The fraction of sp³-hybridized carbons (Fsp3) is 0.0588. The van der Waals surface area contributed by atoms with Crippen molar-refractivity contribution in [3.63, 3.8) is 0 Å². The molecule has 0 aliphatic heterocycles. The molecule has 0 unspecified atom stereocenters. The van der Waals surface area contributed by atoms with Crippen LogP contribution in [0.1, 0.15) is 10.4 Å². The number of methoxy groups -OCH3 is 1. The van der Waals surface area contributed by atoms with Gasteiger partial charge in [0.05, 0.1) is 18.3 Å². The van der Waals surface area contributed by atoms with Gasteiger partial charge in [-0.05, 0) is 48.0 Å². The smallest absolute Gasteiger partial charge is 0.253 e. The molecule has 3 aromatic rings. The minimum Gasteiger partial charge on any atom is -0.496 e. The maximum Gasteiger partial charge on any atom is 0.253 e. The van der Waals surface area contributed by atoms with Gasteiger partial charge in [0, 0.05) is 21.5 Å². The molecule has 0 radical (unpaired) electrons. The van der Waals surface area contributed by atoms with E-state index in [9.17, 15) is 4.79 Å². The summed E-state index contributed by atoms with van der Waals surface area (Å²) in [7, 11) is 1.59. The summed E-state index contributed by atoms with van der Waals surface area (Å²) in [6, 6.07) is 14.3. The van der Waals surface area contributed by atoms with Gasteiger partial charge in [-0.15, -0.1) is 0 Å². The third-order valence-corrected chi connectivity index (χ3v) is 3.80. The molecule has 0 aliphatic rings. The number of carbonyl (C=O) groups excluding carboxylic acids is 1. The van der Waals surface area contributed by atoms with Crippen molar-refractivity contribution in [2.24, 2.45) is 0 Å². The molecule has 3 rings (SSSR count). The Labute approximate surface area is 137 Å². The Bertz CT molecular complexity index is 878. The topological polar surface area (TPSA) is 39.2 Å². The summed E-state index contributed by atoms with van der Waals surface area (Å²) in [4.78, 5) is 16.4. The van der Waals surface area contributed by atoms with E-state index < -0.39 is 5.24 Å². The number of carbonyl (C=O) groups is 1. The predicted molar refractivity (Wildman–Crippen MR) is 88.9 cm³/mol. The molecule has 0 fully saturated rings. The van der Waals surface area contributed by atoms with Crippen LogP contribution >= 0.6 is 23.2 Å². The highest BCUT2D eigenvalue weighted by atomic mass is 35.5. The molecule has 0 N–H and O–H groups in total. The number of para-hydroxylation sites is 1. The van der Waals surface area contributed by atoms with Gasteiger partial charge in [-0.3, -0.25) is 4.79 Å². The summed E-state index contributed by atoms with van der Waals surface area (Å²) in [5.41, 5.74) is 2.43. The summed E-state index contributed by atoms with van der Waals surface area (Å²) in [5.74, 6) is 0.677. The van der Waals surface area contributed by atoms with Gasteiger partial charge in [0.25, 0.3) is 5.24 Å². The third-order valence-electron chi connectivity index (χ3n) is 3.37. The molecule has 3 nitrogen and oxygen atoms in total. The van der Waals surface area contributed by atoms with E-state index in [1.165, 1.54) is 0 Å². The Morgan fingerprint density at radius 3 is 2.64 bits per heavy atom. The van der Waals surface area contributed by atoms with Crippen LogP contribution in [-0.4, -0.2) is 17.3 Å². The number of ether oxygens (including phenoxy) is 1. The maximum atomic E-state index is 11.8. The Hall–Kier alpha value is -2.10. The number of pyridine rings is 1. The fourth-order valence-corrected chi connectivity index (χ4v) is 2.68. The lowest BCUT2D eigenvalue weighted by molar-refractivity contribution is 0.108. The molecule has 22 heavy (non-hydrogen) atoms. The van der Waals surface area contributed by atoms with Crippen LogP contribution in [0.2, 0.25) is 5.02 Å². The average molecular weight is 332 g/mol. The largest absolute Gasteiger partial charge is 0.496 e. The summed E-state index contributed by atoms with van der Waals surface area (Å²) in [6.07, 6.45) is 0. The number of halogens is 2. The number of rotatable bonds is 3. The number of aromatic nitrogens is 1. The first-order valence-corrected chi connectivity index (χ1v) is 7.29. The highest BCUT2D eigenvalue weighted by molar-refractivity contribution is 6.68. The number of fused-ring (bicyclic) bond motifs is 1. The SMILES string of the molecule is COc1ccccc1-c1cc(C(=O)Cl)c2cc(Cl)ccc2n1. The minimum atomic E-state index is -0.550. The van der Waals surface area contributed by atoms with E-state index in [1.807, 2.05) is 24.3 Å². The van der Waals surface area contributed by atoms with Gasteiger partial charge in [0.2, 0.25) is 0 Å². The van der Waals surface area contributed by atoms with E-state index >= 15 is 0 Å². The Kier molecular flexibility index (Phi) is 4.01. The second-order valence-corrected chi connectivity index (χ2v) is 5.47. The summed E-state index contributed by atoms with van der Waals surface area (Å²) in [6.45, 7) is 0. The lowest BCUT2D eigenvalue weighted by Crippen LogP contribution is -1.97. The first-order valence-electron chi connectivity index (χ1n) is 6.53. The molecule has 0 bridgehead atoms. The van der Waals surface area contributed by atoms with Crippen molar-refractivity contribution in [1.82, 2.24) is 4.98 Å². The zero-order valence-electron chi connectivity index (χ0n) is 11.6. The van der Waals surface area contributed by atoms with E-state index in [2.05, 4.69) is 4.98 Å². The minimum absolute atomic E-state index is 0.370. The molecule has 0 aliphatic carbocycles. The Balaban J connectivity index is 2.32. The molecule has 110 valence electrons. The van der Waals surface area contributed by atoms with Crippen LogP contribution in [0.5, 0.6) is 5.75 Å². The third kappa shape index (κ3) is 2.65. The van der Waals surface area contributed by atoms with E-state index in [1.54, 1.807) is 31.4 Å². The van der Waals surface area contributed by atoms with Crippen molar-refractivity contribution < 1.29 is 9.53 Å². The fourth-order valence-electron chi connectivity index (χ4n) is 2.35. The molecule has 1 heterocycles. The second-order valence-electron chi connectivity index (χ2n) is 4.69. The van der Waals surface area contributed by atoms with Gasteiger partial charge < -0.3 is 4.74 Å². The number of hydrogen-bond acceptors (Lipinski definition) is 3. The predicted octanol–water partition coefficient (Wildman–Crippen LogP) is 4.94. The van der Waals surface area contributed by atoms with Crippen LogP contribution in [-0.2, 0) is 0 Å². The number of benzene rings is 2. The second kappa shape index (κ2) is 5.95. The van der Waals surface area contributed by atoms with Crippen molar-refractivity contribution in [3.05, 3.63) is 59.1 Å². The molecule has 0 spiro atoms. The van der Waals surface area contributed by atoms with E-state index in [-0.39, 0.29) is 0 Å². The molecule has 0 atom stereocenters. The lowest BCUT2D eigenvalue weighted by Gasteiger charge is -2.10. The lowest BCUT2D eigenvalue weighted by atomic mass is 10.0. The summed E-state index contributed by atoms with van der Waals surface area (Å²) in [5, 5.41) is 0.607. The van der Waals surface area contributed by atoms with Crippen LogP contribution in [0, 0.1) is 0 Å². The maximum absolute atomic E-state index is 11.8. The number of nitrogens with zero attached hydrogens (tertiary/aromatic N) is 1. The van der Waals surface area contributed by atoms with Crippen molar-refractivity contribution in [2.45, 2.75) is 0 Å². The molecule has 1 aromatic heterocycles. The Morgan fingerprint density at radius 1 is 1.14 bits per heavy atom. The van der Waals surface area contributed by atoms with Crippen molar-refractivity contribution in [3.8, 4) is 17.0 Å². The standard InChI is InChI=1S/C17H11Cl2NO2/c1-22-16-5-3-2-4-11(16)15-9-13(17(19)21)12-8-10(18)6-7-14(12)20-15/h2-9H,1H3. The van der Waals surface area contributed by atoms with Crippen molar-refractivity contribution >= 4 is 39.3 Å².